The van der Waals surface area contributed by atoms with Crippen LogP contribution in [-0.2, 0) is 4.74 Å². The molecule has 3 heteroatoms. The standard InChI is InChI=1S/C17H27NO2/c1-5-18-16(12-19-17(2,3)4)13-7-6-8-15(11-13)20-14-9-10-14/h6-8,11,14,16,18H,5,9-10,12H2,1-4H3. The third-order valence-corrected chi connectivity index (χ3v) is 3.22. The Hall–Kier alpha value is -1.06. The number of likely N-dealkylation sites (N-methyl/N-ethyl adjacent to an activating group) is 1. The van der Waals surface area contributed by atoms with Gasteiger partial charge in [0.1, 0.15) is 5.75 Å². The summed E-state index contributed by atoms with van der Waals surface area (Å²) in [5.41, 5.74) is 1.12. The van der Waals surface area contributed by atoms with E-state index in [1.807, 2.05) is 6.07 Å². The van der Waals surface area contributed by atoms with E-state index in [0.717, 1.165) is 12.3 Å². The predicted octanol–water partition coefficient (Wildman–Crippen LogP) is 3.69. The Morgan fingerprint density at radius 3 is 2.65 bits per heavy atom. The van der Waals surface area contributed by atoms with Crippen molar-refractivity contribution in [2.75, 3.05) is 13.2 Å². The zero-order valence-corrected chi connectivity index (χ0v) is 13.1. The fourth-order valence-corrected chi connectivity index (χ4v) is 2.04. The van der Waals surface area contributed by atoms with Crippen LogP contribution in [0.1, 0.15) is 52.1 Å². The number of benzene rings is 1. The summed E-state index contributed by atoms with van der Waals surface area (Å²) in [6, 6.07) is 8.59. The normalized spacial score (nSPS) is 17.0. The van der Waals surface area contributed by atoms with Crippen molar-refractivity contribution in [3.05, 3.63) is 29.8 Å². The third-order valence-electron chi connectivity index (χ3n) is 3.22. The molecule has 1 aliphatic carbocycles. The maximum Gasteiger partial charge on any atom is 0.120 e. The van der Waals surface area contributed by atoms with Crippen LogP contribution in [0.15, 0.2) is 24.3 Å². The van der Waals surface area contributed by atoms with Crippen LogP contribution in [-0.4, -0.2) is 24.9 Å². The quantitative estimate of drug-likeness (QED) is 0.824. The van der Waals surface area contributed by atoms with Gasteiger partial charge >= 0.3 is 0 Å². The summed E-state index contributed by atoms with van der Waals surface area (Å²) in [5, 5.41) is 3.49. The molecular formula is C17H27NO2. The molecular weight excluding hydrogens is 250 g/mol. The molecule has 1 aliphatic rings. The summed E-state index contributed by atoms with van der Waals surface area (Å²) in [6.45, 7) is 9.97. The molecule has 0 bridgehead atoms. The van der Waals surface area contributed by atoms with Crippen molar-refractivity contribution in [1.29, 1.82) is 0 Å². The lowest BCUT2D eigenvalue weighted by atomic mass is 10.1. The van der Waals surface area contributed by atoms with Crippen molar-refractivity contribution >= 4 is 0 Å². The predicted molar refractivity (Wildman–Crippen MR) is 82.2 cm³/mol. The van der Waals surface area contributed by atoms with Crippen LogP contribution < -0.4 is 10.1 Å². The summed E-state index contributed by atoms with van der Waals surface area (Å²) in [5.74, 6) is 0.976. The molecule has 3 nitrogen and oxygen atoms in total. The molecule has 1 N–H and O–H groups in total. The maximum absolute atomic E-state index is 5.93. The third kappa shape index (κ3) is 5.14. The Balaban J connectivity index is 2.02. The van der Waals surface area contributed by atoms with E-state index < -0.39 is 0 Å². The maximum atomic E-state index is 5.93. The van der Waals surface area contributed by atoms with Crippen molar-refractivity contribution in [3.63, 3.8) is 0 Å². The molecule has 1 fully saturated rings. The average molecular weight is 277 g/mol. The molecule has 112 valence electrons. The van der Waals surface area contributed by atoms with Gasteiger partial charge in [0.05, 0.1) is 24.4 Å². The van der Waals surface area contributed by atoms with Crippen molar-refractivity contribution in [3.8, 4) is 5.75 Å². The molecule has 0 heterocycles. The molecule has 0 saturated heterocycles. The van der Waals surface area contributed by atoms with Gasteiger partial charge in [-0.25, -0.2) is 0 Å². The highest BCUT2D eigenvalue weighted by molar-refractivity contribution is 5.31. The summed E-state index contributed by atoms with van der Waals surface area (Å²) in [6.07, 6.45) is 2.82. The van der Waals surface area contributed by atoms with Gasteiger partial charge in [0, 0.05) is 0 Å². The summed E-state index contributed by atoms with van der Waals surface area (Å²) >= 11 is 0. The first kappa shape index (κ1) is 15.3. The summed E-state index contributed by atoms with van der Waals surface area (Å²) in [7, 11) is 0. The van der Waals surface area contributed by atoms with Crippen molar-refractivity contribution in [1.82, 2.24) is 5.32 Å². The Kier molecular flexibility index (Phi) is 5.06. The lowest BCUT2D eigenvalue weighted by Gasteiger charge is -2.25. The van der Waals surface area contributed by atoms with E-state index in [0.29, 0.717) is 12.7 Å². The van der Waals surface area contributed by atoms with Gasteiger partial charge < -0.3 is 14.8 Å². The van der Waals surface area contributed by atoms with Crippen LogP contribution in [0.25, 0.3) is 0 Å². The summed E-state index contributed by atoms with van der Waals surface area (Å²) in [4.78, 5) is 0. The highest BCUT2D eigenvalue weighted by Crippen LogP contribution is 2.28. The number of hydrogen-bond acceptors (Lipinski definition) is 3. The highest BCUT2D eigenvalue weighted by Gasteiger charge is 2.24. The van der Waals surface area contributed by atoms with E-state index in [1.54, 1.807) is 0 Å². The topological polar surface area (TPSA) is 30.5 Å². The average Bonchev–Trinajstić information content (AvgIpc) is 3.17. The summed E-state index contributed by atoms with van der Waals surface area (Å²) < 4.78 is 11.8. The molecule has 0 spiro atoms. The Labute approximate surface area is 122 Å². The molecule has 0 amide bonds. The number of ether oxygens (including phenoxy) is 2. The van der Waals surface area contributed by atoms with Gasteiger partial charge in [0.2, 0.25) is 0 Å². The molecule has 0 aliphatic heterocycles. The lowest BCUT2D eigenvalue weighted by Crippen LogP contribution is -2.30. The molecule has 1 saturated carbocycles. The van der Waals surface area contributed by atoms with Gasteiger partial charge in [-0.3, -0.25) is 0 Å². The van der Waals surface area contributed by atoms with E-state index >= 15 is 0 Å². The smallest absolute Gasteiger partial charge is 0.120 e. The van der Waals surface area contributed by atoms with Crippen LogP contribution in [0, 0.1) is 0 Å². The van der Waals surface area contributed by atoms with Gasteiger partial charge in [0.15, 0.2) is 0 Å². The first-order valence-corrected chi connectivity index (χ1v) is 7.62. The first-order valence-electron chi connectivity index (χ1n) is 7.62. The van der Waals surface area contributed by atoms with Crippen molar-refractivity contribution < 1.29 is 9.47 Å². The minimum Gasteiger partial charge on any atom is -0.490 e. The lowest BCUT2D eigenvalue weighted by molar-refractivity contribution is -0.0146. The van der Waals surface area contributed by atoms with E-state index in [4.69, 9.17) is 9.47 Å². The van der Waals surface area contributed by atoms with Crippen LogP contribution >= 0.6 is 0 Å². The Morgan fingerprint density at radius 1 is 1.30 bits per heavy atom. The fraction of sp³-hybridized carbons (Fsp3) is 0.647. The Morgan fingerprint density at radius 2 is 2.05 bits per heavy atom. The Bertz CT molecular complexity index is 421. The van der Waals surface area contributed by atoms with E-state index in [1.165, 1.54) is 18.4 Å². The van der Waals surface area contributed by atoms with Gasteiger partial charge in [-0.2, -0.15) is 0 Å². The molecule has 2 rings (SSSR count). The van der Waals surface area contributed by atoms with Crippen LogP contribution in [0.3, 0.4) is 0 Å². The fourth-order valence-electron chi connectivity index (χ4n) is 2.04. The van der Waals surface area contributed by atoms with Gasteiger partial charge in [-0.1, -0.05) is 19.1 Å². The molecule has 1 unspecified atom stereocenters. The zero-order valence-electron chi connectivity index (χ0n) is 13.1. The molecule has 20 heavy (non-hydrogen) atoms. The second-order valence-electron chi connectivity index (χ2n) is 6.42. The van der Waals surface area contributed by atoms with Crippen LogP contribution in [0.2, 0.25) is 0 Å². The van der Waals surface area contributed by atoms with E-state index in [-0.39, 0.29) is 11.6 Å². The van der Waals surface area contributed by atoms with Crippen molar-refractivity contribution in [2.45, 2.75) is 58.3 Å². The van der Waals surface area contributed by atoms with Gasteiger partial charge in [0.25, 0.3) is 0 Å². The second-order valence-corrected chi connectivity index (χ2v) is 6.42. The first-order chi connectivity index (χ1) is 9.48. The van der Waals surface area contributed by atoms with Crippen molar-refractivity contribution in [2.24, 2.45) is 0 Å². The van der Waals surface area contributed by atoms with Crippen LogP contribution in [0.4, 0.5) is 0 Å². The van der Waals surface area contributed by atoms with E-state index in [9.17, 15) is 0 Å². The number of hydrogen-bond donors (Lipinski definition) is 1. The van der Waals surface area contributed by atoms with E-state index in [2.05, 4.69) is 51.2 Å². The SMILES string of the molecule is CCNC(COC(C)(C)C)c1cccc(OC2CC2)c1. The molecule has 1 aromatic carbocycles. The zero-order chi connectivity index (χ0) is 14.6. The van der Waals surface area contributed by atoms with Crippen LogP contribution in [0.5, 0.6) is 5.75 Å². The number of rotatable bonds is 7. The highest BCUT2D eigenvalue weighted by atomic mass is 16.5. The monoisotopic (exact) mass is 277 g/mol. The van der Waals surface area contributed by atoms with Gasteiger partial charge in [-0.15, -0.1) is 0 Å². The molecule has 1 atom stereocenters. The number of nitrogens with one attached hydrogen (secondary N) is 1. The largest absolute Gasteiger partial charge is 0.490 e. The van der Waals surface area contributed by atoms with Gasteiger partial charge in [-0.05, 0) is 57.9 Å². The molecule has 1 aromatic rings. The minimum absolute atomic E-state index is 0.115. The second kappa shape index (κ2) is 6.59. The molecule has 0 radical (unpaired) electrons. The minimum atomic E-state index is -0.115. The molecule has 0 aromatic heterocycles.